The number of fused-ring (bicyclic) bond motifs is 3. The smallest absolute Gasteiger partial charge is 0.254 e. The van der Waals surface area contributed by atoms with Gasteiger partial charge in [0, 0.05) is 21.4 Å². The van der Waals surface area contributed by atoms with Crippen LogP contribution in [0.4, 0.5) is 13.2 Å². The molecule has 0 unspecified atom stereocenters. The first kappa shape index (κ1) is 12.4. The van der Waals surface area contributed by atoms with Crippen LogP contribution in [0.5, 0.6) is 0 Å². The van der Waals surface area contributed by atoms with E-state index in [1.807, 2.05) is 12.1 Å². The van der Waals surface area contributed by atoms with E-state index in [4.69, 9.17) is 0 Å². The van der Waals surface area contributed by atoms with Crippen molar-refractivity contribution in [3.8, 4) is 0 Å². The molecule has 2 aromatic carbocycles. The van der Waals surface area contributed by atoms with Crippen LogP contribution in [0.3, 0.4) is 0 Å². The van der Waals surface area contributed by atoms with E-state index < -0.39 is 11.7 Å². The number of benzene rings is 2. The first-order valence-corrected chi connectivity index (χ1v) is 6.30. The van der Waals surface area contributed by atoms with Gasteiger partial charge in [-0.15, -0.1) is 0 Å². The zero-order chi connectivity index (χ0) is 13.6. The van der Waals surface area contributed by atoms with Crippen LogP contribution in [0.15, 0.2) is 47.1 Å². The lowest BCUT2D eigenvalue weighted by molar-refractivity contribution is -0.137. The number of hydrogen-bond donors (Lipinski definition) is 0. The van der Waals surface area contributed by atoms with Gasteiger partial charge in [-0.3, -0.25) is 4.98 Å². The third-order valence-corrected chi connectivity index (χ3v) is 3.58. The summed E-state index contributed by atoms with van der Waals surface area (Å²) in [5.41, 5.74) is -0.142. The van der Waals surface area contributed by atoms with Gasteiger partial charge in [-0.05, 0) is 33.4 Å². The fourth-order valence-corrected chi connectivity index (χ4v) is 2.65. The summed E-state index contributed by atoms with van der Waals surface area (Å²) in [6.45, 7) is 0. The number of rotatable bonds is 0. The van der Waals surface area contributed by atoms with Crippen molar-refractivity contribution in [1.82, 2.24) is 4.98 Å². The summed E-state index contributed by atoms with van der Waals surface area (Å²) in [5, 5.41) is 2.08. The minimum atomic E-state index is -4.37. The Morgan fingerprint density at radius 2 is 1.74 bits per heavy atom. The Balaban J connectivity index is 2.47. The Morgan fingerprint density at radius 3 is 2.47 bits per heavy atom. The largest absolute Gasteiger partial charge is 0.416 e. The Kier molecular flexibility index (Phi) is 2.74. The molecule has 1 heterocycles. The second kappa shape index (κ2) is 4.20. The monoisotopic (exact) mass is 325 g/mol. The predicted octanol–water partition coefficient (Wildman–Crippen LogP) is 5.17. The lowest BCUT2D eigenvalue weighted by Crippen LogP contribution is -2.05. The molecule has 0 bridgehead atoms. The second-order valence-corrected chi connectivity index (χ2v) is 5.05. The summed E-state index contributed by atoms with van der Waals surface area (Å²) in [7, 11) is 0. The van der Waals surface area contributed by atoms with Crippen molar-refractivity contribution in [2.45, 2.75) is 6.18 Å². The summed E-state index contributed by atoms with van der Waals surface area (Å²) in [6, 6.07) is 9.47. The normalized spacial score (nSPS) is 12.2. The molecule has 1 aromatic heterocycles. The van der Waals surface area contributed by atoms with Crippen LogP contribution < -0.4 is 0 Å². The third kappa shape index (κ3) is 2.08. The Hall–Kier alpha value is -1.62. The summed E-state index contributed by atoms with van der Waals surface area (Å²) in [6.07, 6.45) is -2.71. The van der Waals surface area contributed by atoms with Gasteiger partial charge in [-0.2, -0.15) is 13.2 Å². The van der Waals surface area contributed by atoms with E-state index in [2.05, 4.69) is 20.9 Å². The molecular formula is C14H7BrF3N. The number of aromatic nitrogens is 1. The van der Waals surface area contributed by atoms with Gasteiger partial charge in [0.15, 0.2) is 0 Å². The van der Waals surface area contributed by atoms with Crippen molar-refractivity contribution in [3.63, 3.8) is 0 Å². The molecule has 19 heavy (non-hydrogen) atoms. The van der Waals surface area contributed by atoms with Gasteiger partial charge in [0.1, 0.15) is 0 Å². The van der Waals surface area contributed by atoms with Crippen LogP contribution in [-0.2, 0) is 6.18 Å². The maximum Gasteiger partial charge on any atom is 0.416 e. The minimum Gasteiger partial charge on any atom is -0.254 e. The number of hydrogen-bond acceptors (Lipinski definition) is 1. The van der Waals surface area contributed by atoms with Crippen molar-refractivity contribution in [1.29, 1.82) is 0 Å². The molecule has 0 fully saturated rings. The molecule has 0 saturated carbocycles. The molecule has 1 nitrogen and oxygen atoms in total. The van der Waals surface area contributed by atoms with Gasteiger partial charge < -0.3 is 0 Å². The molecular weight excluding hydrogens is 319 g/mol. The first-order chi connectivity index (χ1) is 8.97. The van der Waals surface area contributed by atoms with Crippen molar-refractivity contribution in [3.05, 3.63) is 52.6 Å². The third-order valence-electron chi connectivity index (χ3n) is 2.97. The molecule has 5 heteroatoms. The molecule has 3 aromatic rings. The van der Waals surface area contributed by atoms with Crippen molar-refractivity contribution in [2.75, 3.05) is 0 Å². The van der Waals surface area contributed by atoms with E-state index >= 15 is 0 Å². The van der Waals surface area contributed by atoms with Gasteiger partial charge in [-0.25, -0.2) is 0 Å². The molecule has 0 spiro atoms. The Morgan fingerprint density at radius 1 is 1.00 bits per heavy atom. The SMILES string of the molecule is FC(F)(F)c1cc(Br)c2ncc3ccccc3c2c1. The van der Waals surface area contributed by atoms with Crippen molar-refractivity contribution < 1.29 is 13.2 Å². The molecule has 0 aliphatic rings. The highest BCUT2D eigenvalue weighted by molar-refractivity contribution is 9.10. The Labute approximate surface area is 115 Å². The minimum absolute atomic E-state index is 0.350. The average molecular weight is 326 g/mol. The molecule has 0 atom stereocenters. The Bertz CT molecular complexity index is 781. The van der Waals surface area contributed by atoms with Gasteiger partial charge in [0.05, 0.1) is 11.1 Å². The van der Waals surface area contributed by atoms with Crippen LogP contribution in [0.1, 0.15) is 5.56 Å². The van der Waals surface area contributed by atoms with Crippen LogP contribution in [-0.4, -0.2) is 4.98 Å². The van der Waals surface area contributed by atoms with Crippen LogP contribution in [0.2, 0.25) is 0 Å². The summed E-state index contributed by atoms with van der Waals surface area (Å²) in [5.74, 6) is 0. The van der Waals surface area contributed by atoms with E-state index in [-0.39, 0.29) is 0 Å². The molecule has 0 aliphatic carbocycles. The molecule has 0 radical (unpaired) electrons. The quantitative estimate of drug-likeness (QED) is 0.520. The predicted molar refractivity (Wildman–Crippen MR) is 72.0 cm³/mol. The zero-order valence-corrected chi connectivity index (χ0v) is 11.1. The molecule has 0 N–H and O–H groups in total. The first-order valence-electron chi connectivity index (χ1n) is 5.51. The van der Waals surface area contributed by atoms with Gasteiger partial charge >= 0.3 is 6.18 Å². The maximum atomic E-state index is 12.9. The van der Waals surface area contributed by atoms with E-state index in [1.165, 1.54) is 0 Å². The van der Waals surface area contributed by atoms with E-state index in [9.17, 15) is 13.2 Å². The van der Waals surface area contributed by atoms with Crippen molar-refractivity contribution in [2.24, 2.45) is 0 Å². The highest BCUT2D eigenvalue weighted by Crippen LogP contribution is 2.36. The summed E-state index contributed by atoms with van der Waals surface area (Å²) in [4.78, 5) is 4.22. The summed E-state index contributed by atoms with van der Waals surface area (Å²) >= 11 is 3.16. The fourth-order valence-electron chi connectivity index (χ4n) is 2.09. The van der Waals surface area contributed by atoms with E-state index in [0.717, 1.165) is 22.9 Å². The fraction of sp³-hybridized carbons (Fsp3) is 0.0714. The van der Waals surface area contributed by atoms with Crippen LogP contribution in [0.25, 0.3) is 21.7 Å². The lowest BCUT2D eigenvalue weighted by atomic mass is 10.0. The standard InChI is InChI=1S/C14H7BrF3N/c15-12-6-9(14(16,17)18)5-11-10-4-2-1-3-8(10)7-19-13(11)12/h1-7H. The number of alkyl halides is 3. The maximum absolute atomic E-state index is 12.9. The molecule has 0 amide bonds. The average Bonchev–Trinajstić information content (AvgIpc) is 2.37. The molecule has 3 rings (SSSR count). The van der Waals surface area contributed by atoms with E-state index in [0.29, 0.717) is 15.4 Å². The van der Waals surface area contributed by atoms with Gasteiger partial charge in [-0.1, -0.05) is 24.3 Å². The molecule has 0 aliphatic heterocycles. The molecule has 96 valence electrons. The zero-order valence-electron chi connectivity index (χ0n) is 9.50. The van der Waals surface area contributed by atoms with Crippen molar-refractivity contribution >= 4 is 37.6 Å². The summed E-state index contributed by atoms with van der Waals surface area (Å²) < 4.78 is 38.9. The van der Waals surface area contributed by atoms with Gasteiger partial charge in [0.25, 0.3) is 0 Å². The van der Waals surface area contributed by atoms with Crippen LogP contribution in [0, 0.1) is 0 Å². The van der Waals surface area contributed by atoms with Gasteiger partial charge in [0.2, 0.25) is 0 Å². The van der Waals surface area contributed by atoms with Crippen LogP contribution >= 0.6 is 15.9 Å². The lowest BCUT2D eigenvalue weighted by Gasteiger charge is -2.10. The highest BCUT2D eigenvalue weighted by atomic mass is 79.9. The second-order valence-electron chi connectivity index (χ2n) is 4.20. The topological polar surface area (TPSA) is 12.9 Å². The number of halogens is 4. The van der Waals surface area contributed by atoms with E-state index in [1.54, 1.807) is 18.3 Å². The molecule has 0 saturated heterocycles. The number of nitrogens with zero attached hydrogens (tertiary/aromatic N) is 1. The highest BCUT2D eigenvalue weighted by Gasteiger charge is 2.31. The number of pyridine rings is 1.